The van der Waals surface area contributed by atoms with Crippen molar-refractivity contribution >= 4 is 28.1 Å². The van der Waals surface area contributed by atoms with E-state index in [2.05, 4.69) is 34.2 Å². The van der Waals surface area contributed by atoms with Crippen LogP contribution in [-0.2, 0) is 12.8 Å². The molecule has 0 saturated heterocycles. The number of anilines is 1. The van der Waals surface area contributed by atoms with E-state index in [9.17, 15) is 14.9 Å². The largest absolute Gasteiger partial charge is 0.351 e. The summed E-state index contributed by atoms with van der Waals surface area (Å²) in [5, 5.41) is 11.4. The Morgan fingerprint density at radius 2 is 2.15 bits per heavy atom. The lowest BCUT2D eigenvalue weighted by Crippen LogP contribution is -2.26. The van der Waals surface area contributed by atoms with Crippen molar-refractivity contribution in [1.29, 1.82) is 0 Å². The fourth-order valence-corrected chi connectivity index (χ4v) is 4.54. The van der Waals surface area contributed by atoms with E-state index in [0.29, 0.717) is 11.0 Å². The Kier molecular flexibility index (Phi) is 4.49. The van der Waals surface area contributed by atoms with E-state index in [1.165, 1.54) is 38.9 Å². The number of carbonyl (C=O) groups excluding carboxylic acids is 1. The van der Waals surface area contributed by atoms with Crippen LogP contribution in [0.25, 0.3) is 0 Å². The molecule has 0 spiro atoms. The second kappa shape index (κ2) is 6.96. The third-order valence-corrected chi connectivity index (χ3v) is 6.10. The van der Waals surface area contributed by atoms with Gasteiger partial charge in [0.05, 0.1) is 16.8 Å². The molecule has 8 heteroatoms. The van der Waals surface area contributed by atoms with Crippen molar-refractivity contribution < 1.29 is 9.72 Å². The Hall–Kier alpha value is -3.00. The zero-order valence-corrected chi connectivity index (χ0v) is 15.5. The Morgan fingerprint density at radius 3 is 2.85 bits per heavy atom. The van der Waals surface area contributed by atoms with Crippen molar-refractivity contribution in [3.05, 3.63) is 74.5 Å². The van der Waals surface area contributed by atoms with Gasteiger partial charge < -0.3 is 4.98 Å². The number of aryl methyl sites for hydroxylation is 1. The summed E-state index contributed by atoms with van der Waals surface area (Å²) < 4.78 is 0. The lowest BCUT2D eigenvalue weighted by atomic mass is 9.85. The van der Waals surface area contributed by atoms with Crippen molar-refractivity contribution in [2.75, 3.05) is 11.9 Å². The normalized spacial score (nSPS) is 16.0. The summed E-state index contributed by atoms with van der Waals surface area (Å²) in [6, 6.07) is 11.7. The molecule has 0 radical (unpaired) electrons. The molecule has 7 nitrogen and oxygen atoms in total. The number of thiazole rings is 1. The van der Waals surface area contributed by atoms with E-state index in [1.54, 1.807) is 7.05 Å². The van der Waals surface area contributed by atoms with Crippen molar-refractivity contribution in [2.24, 2.45) is 0 Å². The first kappa shape index (κ1) is 17.4. The smallest absolute Gasteiger partial charge is 0.287 e. The second-order valence-electron chi connectivity index (χ2n) is 6.61. The number of rotatable bonds is 4. The SMILES string of the molecule is CN(C(=O)c1cc([N+](=O)[O-])c[nH]1)c1nc2c(s1)C[C@H](c1ccccc1)CC2. The highest BCUT2D eigenvalue weighted by Gasteiger charge is 2.27. The Balaban J connectivity index is 1.53. The number of amides is 1. The Morgan fingerprint density at radius 1 is 1.37 bits per heavy atom. The van der Waals surface area contributed by atoms with E-state index in [4.69, 9.17) is 0 Å². The number of H-pyrrole nitrogens is 1. The first-order valence-corrected chi connectivity index (χ1v) is 9.49. The van der Waals surface area contributed by atoms with Crippen LogP contribution in [0.4, 0.5) is 10.8 Å². The van der Waals surface area contributed by atoms with Crippen LogP contribution < -0.4 is 4.90 Å². The molecule has 27 heavy (non-hydrogen) atoms. The third kappa shape index (κ3) is 3.35. The molecule has 3 aromatic rings. The van der Waals surface area contributed by atoms with E-state index >= 15 is 0 Å². The summed E-state index contributed by atoms with van der Waals surface area (Å²) >= 11 is 1.52. The zero-order valence-electron chi connectivity index (χ0n) is 14.7. The van der Waals surface area contributed by atoms with E-state index in [0.717, 1.165) is 25.0 Å². The average molecular weight is 382 g/mol. The number of nitrogens with zero attached hydrogens (tertiary/aromatic N) is 3. The summed E-state index contributed by atoms with van der Waals surface area (Å²) in [5.41, 5.74) is 2.44. The summed E-state index contributed by atoms with van der Waals surface area (Å²) in [5.74, 6) is 0.132. The van der Waals surface area contributed by atoms with Crippen LogP contribution in [0, 0.1) is 10.1 Å². The molecule has 1 aromatic carbocycles. The van der Waals surface area contributed by atoms with Gasteiger partial charge in [0, 0.05) is 18.0 Å². The molecule has 1 amide bonds. The summed E-state index contributed by atoms with van der Waals surface area (Å²) in [4.78, 5) is 32.9. The highest BCUT2D eigenvalue weighted by molar-refractivity contribution is 7.16. The van der Waals surface area contributed by atoms with Gasteiger partial charge in [-0.05, 0) is 30.7 Å². The summed E-state index contributed by atoms with van der Waals surface area (Å²) in [7, 11) is 1.65. The van der Waals surface area contributed by atoms with Crippen molar-refractivity contribution in [1.82, 2.24) is 9.97 Å². The van der Waals surface area contributed by atoms with Gasteiger partial charge in [0.25, 0.3) is 11.6 Å². The van der Waals surface area contributed by atoms with Crippen LogP contribution in [0.2, 0.25) is 0 Å². The molecular weight excluding hydrogens is 364 g/mol. The maximum atomic E-state index is 12.6. The number of nitrogens with one attached hydrogen (secondary N) is 1. The Labute approximate surface area is 159 Å². The standard InChI is InChI=1S/C19H18N4O3S/c1-22(18(24)16-10-14(11-20-16)23(25)26)19-21-15-8-7-13(9-17(15)27-19)12-5-3-2-4-6-12/h2-6,10-11,13,20H,7-9H2,1H3/t13-/m1/s1. The molecule has 1 N–H and O–H groups in total. The molecule has 2 aromatic heterocycles. The van der Waals surface area contributed by atoms with E-state index < -0.39 is 4.92 Å². The van der Waals surface area contributed by atoms with Gasteiger partial charge in [-0.2, -0.15) is 0 Å². The Bertz CT molecular complexity index is 996. The summed E-state index contributed by atoms with van der Waals surface area (Å²) in [6.45, 7) is 0. The number of aromatic amines is 1. The van der Waals surface area contributed by atoms with Crippen LogP contribution in [0.1, 0.15) is 39.0 Å². The molecule has 138 valence electrons. The average Bonchev–Trinajstić information content (AvgIpc) is 3.34. The van der Waals surface area contributed by atoms with Crippen molar-refractivity contribution in [2.45, 2.75) is 25.2 Å². The predicted octanol–water partition coefficient (Wildman–Crippen LogP) is 3.93. The molecule has 0 saturated carbocycles. The highest BCUT2D eigenvalue weighted by Crippen LogP contribution is 2.38. The molecule has 1 aliphatic carbocycles. The van der Waals surface area contributed by atoms with Gasteiger partial charge in [0.2, 0.25) is 0 Å². The van der Waals surface area contributed by atoms with Crippen LogP contribution in [-0.4, -0.2) is 27.8 Å². The zero-order chi connectivity index (χ0) is 19.0. The van der Waals surface area contributed by atoms with Gasteiger partial charge in [0.15, 0.2) is 5.13 Å². The second-order valence-corrected chi connectivity index (χ2v) is 7.67. The van der Waals surface area contributed by atoms with E-state index in [1.807, 2.05) is 6.07 Å². The minimum Gasteiger partial charge on any atom is -0.351 e. The van der Waals surface area contributed by atoms with Gasteiger partial charge in [-0.1, -0.05) is 30.3 Å². The summed E-state index contributed by atoms with van der Waals surface area (Å²) in [6.07, 6.45) is 4.08. The van der Waals surface area contributed by atoms with Crippen LogP contribution in [0.3, 0.4) is 0 Å². The van der Waals surface area contributed by atoms with Gasteiger partial charge in [-0.15, -0.1) is 11.3 Å². The highest BCUT2D eigenvalue weighted by atomic mass is 32.1. The number of hydrogen-bond acceptors (Lipinski definition) is 5. The number of carbonyl (C=O) groups is 1. The molecule has 0 fully saturated rings. The van der Waals surface area contributed by atoms with Crippen LogP contribution in [0.5, 0.6) is 0 Å². The minimum absolute atomic E-state index is 0.129. The number of fused-ring (bicyclic) bond motifs is 1. The quantitative estimate of drug-likeness (QED) is 0.547. The lowest BCUT2D eigenvalue weighted by Gasteiger charge is -2.21. The first-order chi connectivity index (χ1) is 13.0. The van der Waals surface area contributed by atoms with E-state index in [-0.39, 0.29) is 17.3 Å². The molecule has 1 aliphatic rings. The molecule has 4 rings (SSSR count). The van der Waals surface area contributed by atoms with Crippen molar-refractivity contribution in [3.63, 3.8) is 0 Å². The molecule has 0 bridgehead atoms. The number of nitro groups is 1. The monoisotopic (exact) mass is 382 g/mol. The van der Waals surface area contributed by atoms with Gasteiger partial charge in [-0.25, -0.2) is 4.98 Å². The molecule has 2 heterocycles. The minimum atomic E-state index is -0.529. The van der Waals surface area contributed by atoms with Gasteiger partial charge in [0.1, 0.15) is 5.69 Å². The topological polar surface area (TPSA) is 92.1 Å². The molecular formula is C19H18N4O3S. The number of hydrogen-bond donors (Lipinski definition) is 1. The third-order valence-electron chi connectivity index (χ3n) is 4.90. The van der Waals surface area contributed by atoms with Crippen LogP contribution >= 0.6 is 11.3 Å². The van der Waals surface area contributed by atoms with Gasteiger partial charge >= 0.3 is 0 Å². The lowest BCUT2D eigenvalue weighted by molar-refractivity contribution is -0.384. The molecule has 0 aliphatic heterocycles. The molecule has 1 atom stereocenters. The van der Waals surface area contributed by atoms with Gasteiger partial charge in [-0.3, -0.25) is 19.8 Å². The number of aromatic nitrogens is 2. The first-order valence-electron chi connectivity index (χ1n) is 8.67. The predicted molar refractivity (Wildman–Crippen MR) is 104 cm³/mol. The van der Waals surface area contributed by atoms with Crippen LogP contribution in [0.15, 0.2) is 42.6 Å². The molecule has 0 unspecified atom stereocenters. The van der Waals surface area contributed by atoms with Crippen molar-refractivity contribution in [3.8, 4) is 0 Å². The fourth-order valence-electron chi connectivity index (χ4n) is 3.39. The fraction of sp³-hybridized carbons (Fsp3) is 0.263. The maximum Gasteiger partial charge on any atom is 0.287 e. The number of benzene rings is 1. The maximum absolute atomic E-state index is 12.6.